The van der Waals surface area contributed by atoms with Crippen LogP contribution >= 0.6 is 11.6 Å². The van der Waals surface area contributed by atoms with Crippen molar-refractivity contribution in [2.24, 2.45) is 0 Å². The Bertz CT molecular complexity index is 672. The van der Waals surface area contributed by atoms with Crippen molar-refractivity contribution in [3.05, 3.63) is 59.1 Å². The molecule has 0 spiro atoms. The predicted molar refractivity (Wildman–Crippen MR) is 84.6 cm³/mol. The Hall–Kier alpha value is -2.21. The lowest BCUT2D eigenvalue weighted by molar-refractivity contribution is -0.137. The molecule has 0 bridgehead atoms. The Morgan fingerprint density at radius 3 is 2.35 bits per heavy atom. The SMILES string of the molecule is O=C(CCNc1ccccc1C(F)(F)F)Nc1ccc(Cl)cc1. The number of carbonyl (C=O) groups is 1. The first-order valence-corrected chi connectivity index (χ1v) is 7.19. The van der Waals surface area contributed by atoms with Crippen molar-refractivity contribution in [1.29, 1.82) is 0 Å². The van der Waals surface area contributed by atoms with Crippen LogP contribution in [0, 0.1) is 0 Å². The minimum absolute atomic E-state index is 0.0365. The third-order valence-corrected chi connectivity index (χ3v) is 3.28. The number of halogens is 4. The summed E-state index contributed by atoms with van der Waals surface area (Å²) in [7, 11) is 0. The average molecular weight is 343 g/mol. The normalized spacial score (nSPS) is 11.1. The summed E-state index contributed by atoms with van der Waals surface area (Å²) >= 11 is 5.74. The van der Waals surface area contributed by atoms with E-state index in [4.69, 9.17) is 11.6 Å². The van der Waals surface area contributed by atoms with Crippen LogP contribution in [0.5, 0.6) is 0 Å². The molecule has 0 unspecified atom stereocenters. The van der Waals surface area contributed by atoms with Crippen molar-refractivity contribution in [2.75, 3.05) is 17.2 Å². The van der Waals surface area contributed by atoms with Crippen molar-refractivity contribution in [3.63, 3.8) is 0 Å². The molecule has 0 aromatic heterocycles. The summed E-state index contributed by atoms with van der Waals surface area (Å²) in [5, 5.41) is 5.83. The van der Waals surface area contributed by atoms with E-state index in [1.54, 1.807) is 24.3 Å². The maximum atomic E-state index is 12.8. The molecule has 2 rings (SSSR count). The van der Waals surface area contributed by atoms with Crippen LogP contribution in [0.3, 0.4) is 0 Å². The fourth-order valence-electron chi connectivity index (χ4n) is 1.95. The molecule has 0 aliphatic carbocycles. The molecule has 0 saturated heterocycles. The topological polar surface area (TPSA) is 41.1 Å². The fourth-order valence-corrected chi connectivity index (χ4v) is 2.08. The number of benzene rings is 2. The van der Waals surface area contributed by atoms with E-state index in [0.29, 0.717) is 10.7 Å². The third-order valence-electron chi connectivity index (χ3n) is 3.03. The molecule has 7 heteroatoms. The van der Waals surface area contributed by atoms with Crippen LogP contribution in [0.25, 0.3) is 0 Å². The van der Waals surface area contributed by atoms with Gasteiger partial charge in [-0.05, 0) is 36.4 Å². The molecule has 122 valence electrons. The molecule has 23 heavy (non-hydrogen) atoms. The number of alkyl halides is 3. The summed E-state index contributed by atoms with van der Waals surface area (Å²) in [4.78, 5) is 11.8. The van der Waals surface area contributed by atoms with Crippen LogP contribution < -0.4 is 10.6 Å². The van der Waals surface area contributed by atoms with E-state index >= 15 is 0 Å². The standard InChI is InChI=1S/C16H14ClF3N2O/c17-11-5-7-12(8-6-11)22-15(23)9-10-21-14-4-2-1-3-13(14)16(18,19)20/h1-8,21H,9-10H2,(H,22,23). The molecule has 1 amide bonds. The van der Waals surface area contributed by atoms with Crippen molar-refractivity contribution in [2.45, 2.75) is 12.6 Å². The van der Waals surface area contributed by atoms with Gasteiger partial charge >= 0.3 is 6.18 Å². The molecule has 3 nitrogen and oxygen atoms in total. The first-order valence-electron chi connectivity index (χ1n) is 6.82. The van der Waals surface area contributed by atoms with Crippen LogP contribution in [-0.4, -0.2) is 12.5 Å². The van der Waals surface area contributed by atoms with Gasteiger partial charge in [-0.1, -0.05) is 23.7 Å². The molecule has 0 saturated carbocycles. The number of carbonyl (C=O) groups excluding carboxylic acids is 1. The van der Waals surface area contributed by atoms with Crippen LogP contribution in [-0.2, 0) is 11.0 Å². The van der Waals surface area contributed by atoms with Crippen LogP contribution in [0.1, 0.15) is 12.0 Å². The molecule has 2 aromatic carbocycles. The number of amides is 1. The van der Waals surface area contributed by atoms with Gasteiger partial charge in [-0.3, -0.25) is 4.79 Å². The molecular formula is C16H14ClF3N2O. The smallest absolute Gasteiger partial charge is 0.384 e. The van der Waals surface area contributed by atoms with Gasteiger partial charge in [0, 0.05) is 29.4 Å². The molecule has 2 N–H and O–H groups in total. The van der Waals surface area contributed by atoms with E-state index in [1.807, 2.05) is 0 Å². The number of para-hydroxylation sites is 1. The summed E-state index contributed by atoms with van der Waals surface area (Å²) < 4.78 is 38.5. The van der Waals surface area contributed by atoms with Crippen molar-refractivity contribution in [3.8, 4) is 0 Å². The zero-order valence-electron chi connectivity index (χ0n) is 12.0. The molecule has 0 atom stereocenters. The molecular weight excluding hydrogens is 329 g/mol. The highest BCUT2D eigenvalue weighted by molar-refractivity contribution is 6.30. The van der Waals surface area contributed by atoms with Gasteiger partial charge in [0.2, 0.25) is 5.91 Å². The van der Waals surface area contributed by atoms with Crippen LogP contribution in [0.4, 0.5) is 24.5 Å². The van der Waals surface area contributed by atoms with Crippen LogP contribution in [0.15, 0.2) is 48.5 Å². The quantitative estimate of drug-likeness (QED) is 0.819. The number of anilines is 2. The van der Waals surface area contributed by atoms with Gasteiger partial charge in [-0.15, -0.1) is 0 Å². The molecule has 0 aliphatic heterocycles. The number of hydrogen-bond donors (Lipinski definition) is 2. The zero-order chi connectivity index (χ0) is 16.9. The Balaban J connectivity index is 1.88. The van der Waals surface area contributed by atoms with Gasteiger partial charge in [0.15, 0.2) is 0 Å². The average Bonchev–Trinajstić information content (AvgIpc) is 2.49. The fraction of sp³-hybridized carbons (Fsp3) is 0.188. The van der Waals surface area contributed by atoms with Gasteiger partial charge in [0.1, 0.15) is 0 Å². The molecule has 0 radical (unpaired) electrons. The minimum Gasteiger partial charge on any atom is -0.384 e. The summed E-state index contributed by atoms with van der Waals surface area (Å²) in [6, 6.07) is 11.7. The Labute approximate surface area is 136 Å². The first kappa shape index (κ1) is 17.1. The first-order chi connectivity index (χ1) is 10.9. The second-order valence-corrected chi connectivity index (χ2v) is 5.21. The third kappa shape index (κ3) is 5.17. The summed E-state index contributed by atoms with van der Waals surface area (Å²) in [6.45, 7) is 0.0898. The zero-order valence-corrected chi connectivity index (χ0v) is 12.7. The molecule has 0 fully saturated rings. The molecule has 2 aromatic rings. The summed E-state index contributed by atoms with van der Waals surface area (Å²) in [5.41, 5.74) is -0.215. The van der Waals surface area contributed by atoms with Gasteiger partial charge in [-0.2, -0.15) is 13.2 Å². The Morgan fingerprint density at radius 2 is 1.70 bits per heavy atom. The second kappa shape index (κ2) is 7.37. The van der Waals surface area contributed by atoms with Gasteiger partial charge in [0.25, 0.3) is 0 Å². The lowest BCUT2D eigenvalue weighted by Gasteiger charge is -2.14. The van der Waals surface area contributed by atoms with Gasteiger partial charge in [-0.25, -0.2) is 0 Å². The summed E-state index contributed by atoms with van der Waals surface area (Å²) in [6.07, 6.45) is -4.40. The van der Waals surface area contributed by atoms with Crippen molar-refractivity contribution in [1.82, 2.24) is 0 Å². The van der Waals surface area contributed by atoms with E-state index in [2.05, 4.69) is 10.6 Å². The van der Waals surface area contributed by atoms with Crippen molar-refractivity contribution < 1.29 is 18.0 Å². The van der Waals surface area contributed by atoms with E-state index in [0.717, 1.165) is 6.07 Å². The number of hydrogen-bond acceptors (Lipinski definition) is 2. The number of nitrogens with one attached hydrogen (secondary N) is 2. The lowest BCUT2D eigenvalue weighted by atomic mass is 10.1. The largest absolute Gasteiger partial charge is 0.418 e. The Morgan fingerprint density at radius 1 is 1.04 bits per heavy atom. The highest BCUT2D eigenvalue weighted by atomic mass is 35.5. The van der Waals surface area contributed by atoms with E-state index in [9.17, 15) is 18.0 Å². The van der Waals surface area contributed by atoms with Gasteiger partial charge in [0.05, 0.1) is 5.56 Å². The maximum Gasteiger partial charge on any atom is 0.418 e. The van der Waals surface area contributed by atoms with E-state index in [-0.39, 0.29) is 24.6 Å². The second-order valence-electron chi connectivity index (χ2n) is 4.78. The lowest BCUT2D eigenvalue weighted by Crippen LogP contribution is -2.17. The highest BCUT2D eigenvalue weighted by Crippen LogP contribution is 2.34. The predicted octanol–water partition coefficient (Wildman–Crippen LogP) is 4.80. The minimum atomic E-state index is -4.44. The van der Waals surface area contributed by atoms with Gasteiger partial charge < -0.3 is 10.6 Å². The Kier molecular flexibility index (Phi) is 5.50. The van der Waals surface area contributed by atoms with Crippen LogP contribution in [0.2, 0.25) is 5.02 Å². The molecule has 0 heterocycles. The van der Waals surface area contributed by atoms with E-state index in [1.165, 1.54) is 18.2 Å². The van der Waals surface area contributed by atoms with E-state index < -0.39 is 11.7 Å². The van der Waals surface area contributed by atoms with Crippen molar-refractivity contribution >= 4 is 28.9 Å². The monoisotopic (exact) mass is 342 g/mol. The maximum absolute atomic E-state index is 12.8. The number of rotatable bonds is 5. The highest BCUT2D eigenvalue weighted by Gasteiger charge is 2.32. The molecule has 0 aliphatic rings. The summed E-state index contributed by atoms with van der Waals surface area (Å²) in [5.74, 6) is -0.302.